The van der Waals surface area contributed by atoms with Crippen LogP contribution in [-0.4, -0.2) is 17.0 Å². The van der Waals surface area contributed by atoms with Gasteiger partial charge in [0.1, 0.15) is 34.8 Å². The Hall–Kier alpha value is -2.24. The van der Waals surface area contributed by atoms with Crippen molar-refractivity contribution in [3.63, 3.8) is 0 Å². The molecular formula is C15H16F2N4. The fraction of sp³-hybridized carbons (Fsp3) is 0.333. The van der Waals surface area contributed by atoms with E-state index in [9.17, 15) is 8.78 Å². The van der Waals surface area contributed by atoms with Gasteiger partial charge in [0.15, 0.2) is 0 Å². The van der Waals surface area contributed by atoms with E-state index in [0.717, 1.165) is 18.4 Å². The highest BCUT2D eigenvalue weighted by molar-refractivity contribution is 5.65. The molecule has 2 N–H and O–H groups in total. The summed E-state index contributed by atoms with van der Waals surface area (Å²) in [7, 11) is 1.76. The third-order valence-electron chi connectivity index (χ3n) is 3.55. The number of para-hydroxylation sites is 1. The van der Waals surface area contributed by atoms with Gasteiger partial charge in [-0.15, -0.1) is 0 Å². The van der Waals surface area contributed by atoms with Crippen LogP contribution in [0.3, 0.4) is 0 Å². The molecule has 0 atom stereocenters. The van der Waals surface area contributed by atoms with E-state index in [1.165, 1.54) is 18.2 Å². The molecular weight excluding hydrogens is 274 g/mol. The van der Waals surface area contributed by atoms with Gasteiger partial charge < -0.3 is 10.6 Å². The Balaban J connectivity index is 2.03. The number of nitrogens with one attached hydrogen (secondary N) is 2. The summed E-state index contributed by atoms with van der Waals surface area (Å²) in [6, 6.07) is 3.75. The van der Waals surface area contributed by atoms with E-state index in [0.29, 0.717) is 23.4 Å². The predicted octanol–water partition coefficient (Wildman–Crippen LogP) is 3.73. The van der Waals surface area contributed by atoms with Crippen molar-refractivity contribution in [1.29, 1.82) is 0 Å². The van der Waals surface area contributed by atoms with Crippen LogP contribution in [-0.2, 0) is 0 Å². The van der Waals surface area contributed by atoms with E-state index < -0.39 is 11.6 Å². The lowest BCUT2D eigenvalue weighted by Gasteiger charge is -2.14. The molecule has 21 heavy (non-hydrogen) atoms. The summed E-state index contributed by atoms with van der Waals surface area (Å²) in [5.41, 5.74) is 0.535. The Bertz CT molecular complexity index is 663. The van der Waals surface area contributed by atoms with E-state index in [1.807, 2.05) is 6.92 Å². The minimum absolute atomic E-state index is 0.192. The van der Waals surface area contributed by atoms with Gasteiger partial charge in [0.05, 0.1) is 0 Å². The summed E-state index contributed by atoms with van der Waals surface area (Å²) in [4.78, 5) is 8.88. The Morgan fingerprint density at radius 1 is 1.10 bits per heavy atom. The zero-order chi connectivity index (χ0) is 15.0. The highest BCUT2D eigenvalue weighted by Gasteiger charge is 2.28. The zero-order valence-corrected chi connectivity index (χ0v) is 11.9. The highest BCUT2D eigenvalue weighted by Crippen LogP contribution is 2.40. The monoisotopic (exact) mass is 290 g/mol. The molecule has 3 rings (SSSR count). The number of aromatic nitrogens is 2. The molecule has 0 saturated heterocycles. The molecule has 6 heteroatoms. The molecule has 110 valence electrons. The maximum atomic E-state index is 13.8. The van der Waals surface area contributed by atoms with Crippen molar-refractivity contribution in [3.8, 4) is 0 Å². The maximum absolute atomic E-state index is 13.8. The van der Waals surface area contributed by atoms with Crippen LogP contribution in [0.1, 0.15) is 30.1 Å². The zero-order valence-electron chi connectivity index (χ0n) is 11.9. The van der Waals surface area contributed by atoms with Gasteiger partial charge in [0.2, 0.25) is 0 Å². The largest absolute Gasteiger partial charge is 0.373 e. The first-order valence-electron chi connectivity index (χ1n) is 6.87. The van der Waals surface area contributed by atoms with Gasteiger partial charge in [-0.05, 0) is 31.9 Å². The smallest absolute Gasteiger partial charge is 0.149 e. The van der Waals surface area contributed by atoms with E-state index in [-0.39, 0.29) is 5.69 Å². The first-order valence-corrected chi connectivity index (χ1v) is 6.87. The molecule has 1 aliphatic carbocycles. The summed E-state index contributed by atoms with van der Waals surface area (Å²) in [6.07, 6.45) is 2.11. The molecule has 0 amide bonds. The lowest BCUT2D eigenvalue weighted by molar-refractivity contribution is 0.590. The van der Waals surface area contributed by atoms with Gasteiger partial charge in [-0.2, -0.15) is 0 Å². The molecule has 0 spiro atoms. The second kappa shape index (κ2) is 5.27. The molecule has 1 heterocycles. The topological polar surface area (TPSA) is 49.8 Å². The molecule has 1 aromatic carbocycles. The lowest BCUT2D eigenvalue weighted by atomic mass is 10.2. The van der Waals surface area contributed by atoms with Crippen molar-refractivity contribution in [3.05, 3.63) is 41.2 Å². The number of halogens is 2. The quantitative estimate of drug-likeness (QED) is 0.901. The van der Waals surface area contributed by atoms with Crippen molar-refractivity contribution in [1.82, 2.24) is 9.97 Å². The van der Waals surface area contributed by atoms with Crippen LogP contribution in [0.5, 0.6) is 0 Å². The molecule has 0 unspecified atom stereocenters. The van der Waals surface area contributed by atoms with Crippen LogP contribution in [0.15, 0.2) is 18.2 Å². The van der Waals surface area contributed by atoms with Crippen molar-refractivity contribution >= 4 is 17.3 Å². The molecule has 2 aromatic rings. The molecule has 0 bridgehead atoms. The van der Waals surface area contributed by atoms with Crippen LogP contribution in [0, 0.1) is 18.6 Å². The van der Waals surface area contributed by atoms with Gasteiger partial charge in [0.25, 0.3) is 0 Å². The van der Waals surface area contributed by atoms with E-state index in [2.05, 4.69) is 20.6 Å². The summed E-state index contributed by atoms with van der Waals surface area (Å²) in [5.74, 6) is 0.873. The van der Waals surface area contributed by atoms with Crippen LogP contribution in [0.25, 0.3) is 0 Å². The molecule has 0 aliphatic heterocycles. The van der Waals surface area contributed by atoms with Gasteiger partial charge in [-0.3, -0.25) is 0 Å². The minimum Gasteiger partial charge on any atom is -0.373 e. The second-order valence-electron chi connectivity index (χ2n) is 5.15. The van der Waals surface area contributed by atoms with Crippen LogP contribution in [0.4, 0.5) is 26.1 Å². The van der Waals surface area contributed by atoms with Gasteiger partial charge in [0, 0.05) is 18.5 Å². The van der Waals surface area contributed by atoms with E-state index in [1.54, 1.807) is 7.05 Å². The Labute approximate surface area is 121 Å². The van der Waals surface area contributed by atoms with Crippen molar-refractivity contribution in [2.24, 2.45) is 0 Å². The summed E-state index contributed by atoms with van der Waals surface area (Å²) >= 11 is 0. The number of benzene rings is 1. The van der Waals surface area contributed by atoms with Crippen LogP contribution >= 0.6 is 0 Å². The molecule has 1 fully saturated rings. The fourth-order valence-corrected chi connectivity index (χ4v) is 2.16. The first-order chi connectivity index (χ1) is 10.1. The van der Waals surface area contributed by atoms with Crippen LogP contribution in [0.2, 0.25) is 0 Å². The van der Waals surface area contributed by atoms with Gasteiger partial charge in [-0.25, -0.2) is 18.7 Å². The third kappa shape index (κ3) is 2.66. The van der Waals surface area contributed by atoms with Gasteiger partial charge >= 0.3 is 0 Å². The average molecular weight is 290 g/mol. The summed E-state index contributed by atoms with van der Waals surface area (Å²) < 4.78 is 27.5. The number of anilines is 3. The van der Waals surface area contributed by atoms with Crippen molar-refractivity contribution in [2.75, 3.05) is 17.7 Å². The number of hydrogen-bond acceptors (Lipinski definition) is 4. The fourth-order valence-electron chi connectivity index (χ4n) is 2.16. The Kier molecular flexibility index (Phi) is 3.45. The molecule has 1 saturated carbocycles. The SMILES string of the molecule is CNc1nc(C2CC2)nc(Nc2c(F)cccc2F)c1C. The van der Waals surface area contributed by atoms with Crippen molar-refractivity contribution in [2.45, 2.75) is 25.7 Å². The van der Waals surface area contributed by atoms with Crippen LogP contribution < -0.4 is 10.6 Å². The standard InChI is InChI=1S/C15H16F2N4/c1-8-13(18-2)20-15(9-6-7-9)21-14(8)19-12-10(16)4-3-5-11(12)17/h3-5,9H,6-7H2,1-2H3,(H2,18,19,20,21). The Morgan fingerprint density at radius 3 is 2.29 bits per heavy atom. The maximum Gasteiger partial charge on any atom is 0.149 e. The lowest BCUT2D eigenvalue weighted by Crippen LogP contribution is -2.08. The number of hydrogen-bond donors (Lipinski definition) is 2. The van der Waals surface area contributed by atoms with E-state index in [4.69, 9.17) is 0 Å². The first kappa shape index (κ1) is 13.7. The highest BCUT2D eigenvalue weighted by atomic mass is 19.1. The molecule has 1 aliphatic rings. The third-order valence-corrected chi connectivity index (χ3v) is 3.55. The molecule has 0 radical (unpaired) electrons. The Morgan fingerprint density at radius 2 is 1.71 bits per heavy atom. The molecule has 4 nitrogen and oxygen atoms in total. The number of nitrogens with zero attached hydrogens (tertiary/aromatic N) is 2. The predicted molar refractivity (Wildman–Crippen MR) is 77.9 cm³/mol. The normalized spacial score (nSPS) is 14.1. The second-order valence-corrected chi connectivity index (χ2v) is 5.15. The van der Waals surface area contributed by atoms with E-state index >= 15 is 0 Å². The molecule has 1 aromatic heterocycles. The van der Waals surface area contributed by atoms with Gasteiger partial charge in [-0.1, -0.05) is 6.07 Å². The average Bonchev–Trinajstić information content (AvgIpc) is 3.29. The minimum atomic E-state index is -0.646. The summed E-state index contributed by atoms with van der Waals surface area (Å²) in [5, 5.41) is 5.76. The number of rotatable bonds is 4. The summed E-state index contributed by atoms with van der Waals surface area (Å²) in [6.45, 7) is 1.81. The van der Waals surface area contributed by atoms with Crippen molar-refractivity contribution < 1.29 is 8.78 Å².